The van der Waals surface area contributed by atoms with Gasteiger partial charge in [-0.1, -0.05) is 0 Å². The van der Waals surface area contributed by atoms with Gasteiger partial charge in [-0.15, -0.1) is 0 Å². The van der Waals surface area contributed by atoms with E-state index in [1.807, 2.05) is 67.8 Å². The molecule has 174 valence electrons. The normalized spacial score (nSPS) is 31.7. The van der Waals surface area contributed by atoms with Crippen molar-refractivity contribution in [1.29, 1.82) is 0 Å². The highest BCUT2D eigenvalue weighted by atomic mass is 127. The molecular formula is C17H10F3I3NO7S-. The zero-order valence-corrected chi connectivity index (χ0v) is 22.6. The lowest BCUT2D eigenvalue weighted by molar-refractivity contribution is -0.229. The Balaban J connectivity index is 1.67. The van der Waals surface area contributed by atoms with Crippen molar-refractivity contribution < 1.29 is 45.8 Å². The van der Waals surface area contributed by atoms with Gasteiger partial charge in [-0.2, -0.15) is 26.0 Å². The Bertz CT molecular complexity index is 1160. The summed E-state index contributed by atoms with van der Waals surface area (Å²) in [5.74, 6) is -6.81. The van der Waals surface area contributed by atoms with Crippen molar-refractivity contribution in [2.24, 2.45) is 28.1 Å². The first kappa shape index (κ1) is 24.7. The first-order valence-electron chi connectivity index (χ1n) is 8.87. The number of alkyl halides is 3. The molecule has 0 radical (unpaired) electrons. The quantitative estimate of drug-likeness (QED) is 0.151. The van der Waals surface area contributed by atoms with Crippen molar-refractivity contribution in [3.63, 3.8) is 0 Å². The van der Waals surface area contributed by atoms with Gasteiger partial charge in [0.05, 0.1) is 5.56 Å². The van der Waals surface area contributed by atoms with Crippen molar-refractivity contribution in [2.45, 2.75) is 24.1 Å². The molecule has 1 aromatic rings. The van der Waals surface area contributed by atoms with Gasteiger partial charge < -0.3 is 14.6 Å². The van der Waals surface area contributed by atoms with E-state index in [1.165, 1.54) is 0 Å². The number of sulfonamides is 1. The molecule has 1 aliphatic heterocycles. The van der Waals surface area contributed by atoms with Gasteiger partial charge in [0, 0.05) is 28.5 Å². The van der Waals surface area contributed by atoms with Crippen LogP contribution in [0.3, 0.4) is 0 Å². The van der Waals surface area contributed by atoms with E-state index in [9.17, 15) is 36.3 Å². The van der Waals surface area contributed by atoms with Gasteiger partial charge in [0.25, 0.3) is 0 Å². The predicted octanol–water partition coefficient (Wildman–Crippen LogP) is 2.44. The smallest absolute Gasteiger partial charge is 0.518 e. The first-order valence-corrected chi connectivity index (χ1v) is 13.6. The molecule has 3 fully saturated rings. The van der Waals surface area contributed by atoms with Crippen LogP contribution in [0.2, 0.25) is 0 Å². The SMILES string of the molecule is O=C(OC1C2CC3C(OC(=O)C31)C2/C([O-])=N/S(=O)(=O)C(F)(F)F)c1c(I)ccc(I)c1I. The lowest BCUT2D eigenvalue weighted by atomic mass is 9.80. The molecule has 6 atom stereocenters. The number of hydrogen-bond donors (Lipinski definition) is 0. The van der Waals surface area contributed by atoms with Crippen LogP contribution in [0.5, 0.6) is 0 Å². The van der Waals surface area contributed by atoms with Crippen LogP contribution in [0.15, 0.2) is 16.5 Å². The third-order valence-electron chi connectivity index (χ3n) is 5.82. The highest BCUT2D eigenvalue weighted by Crippen LogP contribution is 2.58. The van der Waals surface area contributed by atoms with Crippen LogP contribution in [0, 0.1) is 34.4 Å². The molecule has 6 unspecified atom stereocenters. The second-order valence-corrected chi connectivity index (χ2v) is 12.5. The maximum Gasteiger partial charge on any atom is 0.518 e. The highest BCUT2D eigenvalue weighted by Gasteiger charge is 2.68. The van der Waals surface area contributed by atoms with Crippen LogP contribution < -0.4 is 5.11 Å². The molecule has 15 heteroatoms. The topological polar surface area (TPSA) is 122 Å². The molecule has 1 heterocycles. The molecule has 2 bridgehead atoms. The van der Waals surface area contributed by atoms with Crippen molar-refractivity contribution in [2.75, 3.05) is 0 Å². The van der Waals surface area contributed by atoms with Crippen LogP contribution >= 0.6 is 67.8 Å². The molecule has 0 spiro atoms. The molecule has 32 heavy (non-hydrogen) atoms. The number of benzene rings is 1. The molecule has 2 aliphatic carbocycles. The minimum absolute atomic E-state index is 0.164. The lowest BCUT2D eigenvalue weighted by Gasteiger charge is -2.34. The second-order valence-electron chi connectivity index (χ2n) is 7.45. The van der Waals surface area contributed by atoms with Gasteiger partial charge in [-0.3, -0.25) is 4.79 Å². The van der Waals surface area contributed by atoms with Crippen molar-refractivity contribution in [3.05, 3.63) is 28.4 Å². The number of rotatable bonds is 4. The minimum Gasteiger partial charge on any atom is -0.861 e. The van der Waals surface area contributed by atoms with E-state index in [0.717, 1.165) is 3.57 Å². The summed E-state index contributed by atoms with van der Waals surface area (Å²) in [5.41, 5.74) is -5.48. The number of esters is 2. The summed E-state index contributed by atoms with van der Waals surface area (Å²) in [6, 6.07) is 3.50. The molecule has 1 aromatic carbocycles. The maximum atomic E-state index is 12.9. The van der Waals surface area contributed by atoms with E-state index in [2.05, 4.69) is 4.40 Å². The van der Waals surface area contributed by atoms with Crippen LogP contribution in [0.1, 0.15) is 16.8 Å². The zero-order valence-electron chi connectivity index (χ0n) is 15.3. The number of carbonyl (C=O) groups is 2. The number of fused-ring (bicyclic) bond motifs is 1. The number of halogens is 6. The monoisotopic (exact) mass is 810 g/mol. The Kier molecular flexibility index (Phi) is 6.44. The molecule has 4 rings (SSSR count). The van der Waals surface area contributed by atoms with Crippen LogP contribution in [-0.4, -0.2) is 44.0 Å². The van der Waals surface area contributed by atoms with Crippen LogP contribution in [0.25, 0.3) is 0 Å². The summed E-state index contributed by atoms with van der Waals surface area (Å²) < 4.78 is 75.9. The molecule has 8 nitrogen and oxygen atoms in total. The van der Waals surface area contributed by atoms with Gasteiger partial charge in [0.15, 0.2) is 0 Å². The zero-order chi connectivity index (χ0) is 23.7. The molecule has 2 saturated carbocycles. The summed E-state index contributed by atoms with van der Waals surface area (Å²) in [6.45, 7) is 0. The second kappa shape index (κ2) is 8.35. The minimum atomic E-state index is -6.06. The number of carbonyl (C=O) groups excluding carboxylic acids is 2. The standard InChI is InChI=1S/C17H11F3I3NO7S/c18-17(19,20)32(28,29)24-14(25)8-4-3-5-9(15(26)30-12(5)8)13(4)31-16(27)10-6(21)1-2-7(22)11(10)23/h1-2,4-5,8-9,12-13H,3H2,(H,24,25)/p-1. The summed E-state index contributed by atoms with van der Waals surface area (Å²) in [5, 5.41) is 12.5. The fraction of sp³-hybridized carbons (Fsp3) is 0.471. The van der Waals surface area contributed by atoms with Gasteiger partial charge in [0.2, 0.25) is 0 Å². The average molecular weight is 810 g/mol. The Morgan fingerprint density at radius 2 is 1.81 bits per heavy atom. The molecule has 0 N–H and O–H groups in total. The van der Waals surface area contributed by atoms with Crippen molar-refractivity contribution >= 4 is 95.6 Å². The van der Waals surface area contributed by atoms with E-state index in [4.69, 9.17) is 9.47 Å². The average Bonchev–Trinajstić information content (AvgIpc) is 3.26. The van der Waals surface area contributed by atoms with Crippen LogP contribution in [0.4, 0.5) is 13.2 Å². The van der Waals surface area contributed by atoms with E-state index in [0.29, 0.717) is 7.14 Å². The Hall–Kier alpha value is -0.440. The lowest BCUT2D eigenvalue weighted by Crippen LogP contribution is -2.47. The number of hydrogen-bond acceptors (Lipinski definition) is 7. The number of nitrogens with zero attached hydrogens (tertiary/aromatic N) is 1. The summed E-state index contributed by atoms with van der Waals surface area (Å²) in [7, 11) is -6.06. The van der Waals surface area contributed by atoms with E-state index in [1.54, 1.807) is 12.1 Å². The maximum absolute atomic E-state index is 12.9. The van der Waals surface area contributed by atoms with Crippen molar-refractivity contribution in [3.8, 4) is 0 Å². The summed E-state index contributed by atoms with van der Waals surface area (Å²) in [6.07, 6.45) is -2.07. The third-order valence-corrected chi connectivity index (χ3v) is 10.8. The van der Waals surface area contributed by atoms with Gasteiger partial charge in [-0.05, 0) is 92.2 Å². The van der Waals surface area contributed by atoms with Gasteiger partial charge in [0.1, 0.15) is 18.1 Å². The summed E-state index contributed by atoms with van der Waals surface area (Å²) in [4.78, 5) is 25.3. The van der Waals surface area contributed by atoms with E-state index < -0.39 is 69.2 Å². The van der Waals surface area contributed by atoms with E-state index >= 15 is 0 Å². The molecule has 1 saturated heterocycles. The molecule has 0 amide bonds. The predicted molar refractivity (Wildman–Crippen MR) is 125 cm³/mol. The van der Waals surface area contributed by atoms with Crippen LogP contribution in [-0.2, 0) is 24.3 Å². The van der Waals surface area contributed by atoms with Gasteiger partial charge >= 0.3 is 27.5 Å². The molecule has 3 aliphatic rings. The fourth-order valence-electron chi connectivity index (χ4n) is 4.60. The largest absolute Gasteiger partial charge is 0.861 e. The molecular weight excluding hydrogens is 800 g/mol. The highest BCUT2D eigenvalue weighted by molar-refractivity contribution is 14.1. The first-order chi connectivity index (χ1) is 14.7. The fourth-order valence-corrected chi connectivity index (χ4v) is 7.39. The molecule has 0 aromatic heterocycles. The third kappa shape index (κ3) is 3.91. The summed E-state index contributed by atoms with van der Waals surface area (Å²) >= 11 is 5.96. The Labute approximate surface area is 220 Å². The van der Waals surface area contributed by atoms with Crippen molar-refractivity contribution in [1.82, 2.24) is 0 Å². The Morgan fingerprint density at radius 1 is 1.19 bits per heavy atom. The Morgan fingerprint density at radius 3 is 2.44 bits per heavy atom. The van der Waals surface area contributed by atoms with Gasteiger partial charge in [-0.25, -0.2) is 4.79 Å². The number of ether oxygens (including phenoxy) is 2. The van der Waals surface area contributed by atoms with E-state index in [-0.39, 0.29) is 12.0 Å².